The molecule has 0 fully saturated rings. The van der Waals surface area contributed by atoms with E-state index in [4.69, 9.17) is 4.52 Å². The number of hydrogen-bond donors (Lipinski definition) is 2. The summed E-state index contributed by atoms with van der Waals surface area (Å²) in [4.78, 5) is 8.60. The second kappa shape index (κ2) is 7.78. The molecule has 0 aliphatic rings. The molecule has 21 heavy (non-hydrogen) atoms. The number of aromatic nitrogens is 2. The molecule has 0 aromatic carbocycles. The average molecular weight is 307 g/mol. The summed E-state index contributed by atoms with van der Waals surface area (Å²) in [5.74, 6) is 2.36. The fourth-order valence-corrected chi connectivity index (χ4v) is 2.60. The number of rotatable bonds is 6. The summed E-state index contributed by atoms with van der Waals surface area (Å²) < 4.78 is 4.93. The monoisotopic (exact) mass is 307 g/mol. The van der Waals surface area contributed by atoms with Gasteiger partial charge in [-0.2, -0.15) is 16.3 Å². The van der Waals surface area contributed by atoms with Gasteiger partial charge in [-0.15, -0.1) is 0 Å². The lowest BCUT2D eigenvalue weighted by Crippen LogP contribution is -2.39. The summed E-state index contributed by atoms with van der Waals surface area (Å²) in [5.41, 5.74) is 1.34. The first-order chi connectivity index (χ1) is 10.2. The van der Waals surface area contributed by atoms with E-state index in [-0.39, 0.29) is 0 Å². The van der Waals surface area contributed by atoms with Crippen molar-refractivity contribution in [2.24, 2.45) is 4.99 Å². The lowest BCUT2D eigenvalue weighted by Gasteiger charge is -2.14. The van der Waals surface area contributed by atoms with Crippen LogP contribution in [0.25, 0.3) is 0 Å². The molecular weight excluding hydrogens is 286 g/mol. The van der Waals surface area contributed by atoms with Crippen LogP contribution >= 0.6 is 11.3 Å². The predicted octanol–water partition coefficient (Wildman–Crippen LogP) is 2.30. The summed E-state index contributed by atoms with van der Waals surface area (Å²) in [6.07, 6.45) is 0. The van der Waals surface area contributed by atoms with Crippen molar-refractivity contribution < 1.29 is 4.52 Å². The number of nitrogens with zero attached hydrogens (tertiary/aromatic N) is 3. The Hall–Kier alpha value is -1.89. The van der Waals surface area contributed by atoms with Gasteiger partial charge in [-0.25, -0.2) is 4.99 Å². The SMILES string of the molecule is CCNC(=NCc1noc(C)n1)NCC(C)c1ccsc1. The van der Waals surface area contributed by atoms with Gasteiger partial charge in [0.1, 0.15) is 6.54 Å². The number of guanidine groups is 1. The van der Waals surface area contributed by atoms with Crippen LogP contribution in [0.15, 0.2) is 26.3 Å². The second-order valence-electron chi connectivity index (χ2n) is 4.76. The summed E-state index contributed by atoms with van der Waals surface area (Å²) in [7, 11) is 0. The molecule has 7 heteroatoms. The first-order valence-electron chi connectivity index (χ1n) is 7.02. The maximum atomic E-state index is 4.93. The van der Waals surface area contributed by atoms with Crippen LogP contribution in [-0.2, 0) is 6.54 Å². The van der Waals surface area contributed by atoms with E-state index < -0.39 is 0 Å². The zero-order valence-corrected chi connectivity index (χ0v) is 13.4. The van der Waals surface area contributed by atoms with Gasteiger partial charge in [-0.05, 0) is 35.2 Å². The van der Waals surface area contributed by atoms with Gasteiger partial charge in [-0.3, -0.25) is 0 Å². The fraction of sp³-hybridized carbons (Fsp3) is 0.500. The van der Waals surface area contributed by atoms with Crippen molar-refractivity contribution in [1.82, 2.24) is 20.8 Å². The molecule has 0 saturated carbocycles. The van der Waals surface area contributed by atoms with Crippen LogP contribution < -0.4 is 10.6 Å². The molecule has 0 aliphatic heterocycles. The molecule has 0 bridgehead atoms. The second-order valence-corrected chi connectivity index (χ2v) is 5.54. The number of aryl methyl sites for hydroxylation is 1. The highest BCUT2D eigenvalue weighted by atomic mass is 32.1. The summed E-state index contributed by atoms with van der Waals surface area (Å²) in [6, 6.07) is 2.16. The minimum Gasteiger partial charge on any atom is -0.357 e. The van der Waals surface area contributed by atoms with E-state index in [1.807, 2.05) is 6.92 Å². The number of hydrogen-bond acceptors (Lipinski definition) is 5. The van der Waals surface area contributed by atoms with Gasteiger partial charge in [0.15, 0.2) is 11.8 Å². The van der Waals surface area contributed by atoms with Gasteiger partial charge in [0.2, 0.25) is 5.89 Å². The largest absolute Gasteiger partial charge is 0.357 e. The maximum absolute atomic E-state index is 4.93. The number of aliphatic imine (C=N–C) groups is 1. The molecular formula is C14H21N5OS. The fourth-order valence-electron chi connectivity index (χ4n) is 1.82. The zero-order chi connectivity index (χ0) is 15.1. The third-order valence-electron chi connectivity index (χ3n) is 2.98. The quantitative estimate of drug-likeness (QED) is 0.632. The first kappa shape index (κ1) is 15.5. The Bertz CT molecular complexity index is 564. The Morgan fingerprint density at radius 1 is 1.48 bits per heavy atom. The van der Waals surface area contributed by atoms with Crippen molar-refractivity contribution in [3.05, 3.63) is 34.1 Å². The van der Waals surface area contributed by atoms with Crippen LogP contribution in [0.4, 0.5) is 0 Å². The Balaban J connectivity index is 1.89. The minimum absolute atomic E-state index is 0.402. The molecule has 2 rings (SSSR count). The molecule has 1 unspecified atom stereocenters. The van der Waals surface area contributed by atoms with Gasteiger partial charge in [0.05, 0.1) is 0 Å². The van der Waals surface area contributed by atoms with E-state index in [1.54, 1.807) is 18.3 Å². The molecule has 6 nitrogen and oxygen atoms in total. The maximum Gasteiger partial charge on any atom is 0.223 e. The Labute approximate surface area is 128 Å². The molecule has 2 N–H and O–H groups in total. The summed E-state index contributed by atoms with van der Waals surface area (Å²) in [6.45, 7) is 8.04. The highest BCUT2D eigenvalue weighted by Crippen LogP contribution is 2.16. The van der Waals surface area contributed by atoms with E-state index in [1.165, 1.54) is 5.56 Å². The van der Waals surface area contributed by atoms with Gasteiger partial charge >= 0.3 is 0 Å². The van der Waals surface area contributed by atoms with Crippen molar-refractivity contribution in [2.75, 3.05) is 13.1 Å². The molecule has 1 atom stereocenters. The molecule has 0 radical (unpaired) electrons. The average Bonchev–Trinajstić information content (AvgIpc) is 3.13. The van der Waals surface area contributed by atoms with Crippen LogP contribution in [-0.4, -0.2) is 29.2 Å². The molecule has 2 aromatic heterocycles. The Morgan fingerprint density at radius 3 is 2.95 bits per heavy atom. The smallest absolute Gasteiger partial charge is 0.223 e. The molecule has 2 heterocycles. The number of nitrogens with one attached hydrogen (secondary N) is 2. The lowest BCUT2D eigenvalue weighted by molar-refractivity contribution is 0.387. The van der Waals surface area contributed by atoms with Crippen molar-refractivity contribution >= 4 is 17.3 Å². The molecule has 0 aliphatic carbocycles. The van der Waals surface area contributed by atoms with Crippen molar-refractivity contribution in [2.45, 2.75) is 33.2 Å². The van der Waals surface area contributed by atoms with Crippen LogP contribution in [0.1, 0.15) is 37.0 Å². The minimum atomic E-state index is 0.402. The van der Waals surface area contributed by atoms with Crippen LogP contribution in [0, 0.1) is 6.92 Å². The predicted molar refractivity (Wildman–Crippen MR) is 84.6 cm³/mol. The van der Waals surface area contributed by atoms with E-state index >= 15 is 0 Å². The van der Waals surface area contributed by atoms with Gasteiger partial charge in [0.25, 0.3) is 0 Å². The first-order valence-corrected chi connectivity index (χ1v) is 7.96. The standard InChI is InChI=1S/C14H21N5OS/c1-4-15-14(17-8-13-18-11(3)20-19-13)16-7-10(2)12-5-6-21-9-12/h5-6,9-10H,4,7-8H2,1-3H3,(H2,15,16,17). The topological polar surface area (TPSA) is 75.3 Å². The van der Waals surface area contributed by atoms with Crippen molar-refractivity contribution in [3.63, 3.8) is 0 Å². The molecule has 2 aromatic rings. The Morgan fingerprint density at radius 2 is 2.33 bits per heavy atom. The van der Waals surface area contributed by atoms with Gasteiger partial charge in [0, 0.05) is 20.0 Å². The highest BCUT2D eigenvalue weighted by Gasteiger charge is 2.07. The molecule has 114 valence electrons. The van der Waals surface area contributed by atoms with Gasteiger partial charge < -0.3 is 15.2 Å². The third kappa shape index (κ3) is 4.86. The molecule has 0 spiro atoms. The van der Waals surface area contributed by atoms with Crippen LogP contribution in [0.3, 0.4) is 0 Å². The van der Waals surface area contributed by atoms with Gasteiger partial charge in [-0.1, -0.05) is 12.1 Å². The van der Waals surface area contributed by atoms with Crippen molar-refractivity contribution in [3.8, 4) is 0 Å². The van der Waals surface area contributed by atoms with E-state index in [0.717, 1.165) is 19.0 Å². The summed E-state index contributed by atoms with van der Waals surface area (Å²) >= 11 is 1.72. The van der Waals surface area contributed by atoms with E-state index in [2.05, 4.69) is 49.5 Å². The van der Waals surface area contributed by atoms with Crippen LogP contribution in [0.5, 0.6) is 0 Å². The van der Waals surface area contributed by atoms with Crippen LogP contribution in [0.2, 0.25) is 0 Å². The zero-order valence-electron chi connectivity index (χ0n) is 12.6. The molecule has 0 amide bonds. The van der Waals surface area contributed by atoms with E-state index in [9.17, 15) is 0 Å². The summed E-state index contributed by atoms with van der Waals surface area (Å²) in [5, 5.41) is 14.7. The Kier molecular flexibility index (Phi) is 5.74. The highest BCUT2D eigenvalue weighted by molar-refractivity contribution is 7.07. The third-order valence-corrected chi connectivity index (χ3v) is 3.68. The lowest BCUT2D eigenvalue weighted by atomic mass is 10.1. The normalized spacial score (nSPS) is 13.2. The van der Waals surface area contributed by atoms with E-state index in [0.29, 0.717) is 24.2 Å². The number of thiophene rings is 1. The molecule has 0 saturated heterocycles. The van der Waals surface area contributed by atoms with Crippen molar-refractivity contribution in [1.29, 1.82) is 0 Å².